The molecule has 0 spiro atoms. The second-order valence-corrected chi connectivity index (χ2v) is 3.89. The molecule has 1 aromatic rings. The molecule has 0 fully saturated rings. The monoisotopic (exact) mass is 264 g/mol. The van der Waals surface area contributed by atoms with Gasteiger partial charge in [-0.05, 0) is 18.6 Å². The fourth-order valence-electron chi connectivity index (χ4n) is 1.44. The molecule has 0 saturated heterocycles. The molecule has 1 aromatic heterocycles. The van der Waals surface area contributed by atoms with Crippen LogP contribution in [0.4, 0.5) is 19.0 Å². The molecule has 0 radical (unpaired) electrons. The van der Waals surface area contributed by atoms with Crippen molar-refractivity contribution in [1.82, 2.24) is 4.98 Å². The van der Waals surface area contributed by atoms with E-state index in [-0.39, 0.29) is 12.4 Å². The molecule has 102 valence electrons. The molecule has 1 rings (SSSR count). The Bertz CT molecular complexity index is 366. The summed E-state index contributed by atoms with van der Waals surface area (Å²) in [6.07, 6.45) is -3.76. The van der Waals surface area contributed by atoms with Crippen LogP contribution in [0.3, 0.4) is 0 Å². The fraction of sp³-hybridized carbons (Fsp3) is 0.545. The van der Waals surface area contributed by atoms with E-state index in [2.05, 4.69) is 4.98 Å². The minimum Gasteiger partial charge on any atom is -0.395 e. The second kappa shape index (κ2) is 6.01. The molecule has 0 saturated carbocycles. The normalized spacial score (nSPS) is 13.4. The summed E-state index contributed by atoms with van der Waals surface area (Å²) >= 11 is 0. The average molecular weight is 264 g/mol. The first-order valence-electron chi connectivity index (χ1n) is 5.40. The maximum absolute atomic E-state index is 12.3. The zero-order chi connectivity index (χ0) is 13.8. The largest absolute Gasteiger partial charge is 0.405 e. The lowest BCUT2D eigenvalue weighted by Gasteiger charge is -2.24. The molecular formula is C11H15F3N2O2. The van der Waals surface area contributed by atoms with Gasteiger partial charge in [0.25, 0.3) is 0 Å². The number of rotatable bonds is 5. The number of aliphatic hydroxyl groups excluding tert-OH is 2. The number of aliphatic hydroxyl groups is 2. The number of hydrogen-bond donors (Lipinski definition) is 2. The molecule has 1 atom stereocenters. The van der Waals surface area contributed by atoms with Gasteiger partial charge >= 0.3 is 6.18 Å². The van der Waals surface area contributed by atoms with Crippen molar-refractivity contribution in [2.45, 2.75) is 19.2 Å². The summed E-state index contributed by atoms with van der Waals surface area (Å²) in [4.78, 5) is 4.79. The molecule has 0 aliphatic heterocycles. The minimum absolute atomic E-state index is 0.116. The van der Waals surface area contributed by atoms with Crippen LogP contribution >= 0.6 is 0 Å². The summed E-state index contributed by atoms with van der Waals surface area (Å²) in [6.45, 7) is -0.178. The van der Waals surface area contributed by atoms with Crippen LogP contribution in [0, 0.1) is 0 Å². The van der Waals surface area contributed by atoms with Crippen molar-refractivity contribution in [3.63, 3.8) is 0 Å². The predicted octanol–water partition coefficient (Wildman–Crippen LogP) is 1.50. The van der Waals surface area contributed by atoms with Gasteiger partial charge in [-0.3, -0.25) is 0 Å². The highest BCUT2D eigenvalue weighted by molar-refractivity contribution is 5.39. The first kappa shape index (κ1) is 14.7. The Morgan fingerprint density at radius 2 is 2.06 bits per heavy atom. The first-order chi connectivity index (χ1) is 8.33. The van der Waals surface area contributed by atoms with Gasteiger partial charge in [-0.15, -0.1) is 0 Å². The van der Waals surface area contributed by atoms with Crippen molar-refractivity contribution in [2.75, 3.05) is 24.6 Å². The van der Waals surface area contributed by atoms with Gasteiger partial charge in [-0.25, -0.2) is 4.98 Å². The van der Waals surface area contributed by atoms with E-state index in [0.717, 1.165) is 4.90 Å². The summed E-state index contributed by atoms with van der Waals surface area (Å²) in [5.41, 5.74) is 0.523. The van der Waals surface area contributed by atoms with Gasteiger partial charge in [-0.1, -0.05) is 6.07 Å². The molecular weight excluding hydrogens is 249 g/mol. The number of pyridine rings is 1. The Morgan fingerprint density at radius 3 is 2.44 bits per heavy atom. The number of aromatic nitrogens is 1. The Morgan fingerprint density at radius 1 is 1.39 bits per heavy atom. The van der Waals surface area contributed by atoms with Gasteiger partial charge < -0.3 is 15.1 Å². The molecule has 0 aliphatic rings. The topological polar surface area (TPSA) is 56.6 Å². The molecule has 4 nitrogen and oxygen atoms in total. The maximum Gasteiger partial charge on any atom is 0.405 e. The standard InChI is InChI=1S/C11H15F3N2O2/c1-8(18)9-2-3-10(15-6-9)16(4-5-17)7-11(12,13)14/h2-3,6,8,17-18H,4-5,7H2,1H3. The number of anilines is 1. The maximum atomic E-state index is 12.3. The van der Waals surface area contributed by atoms with Crippen molar-refractivity contribution >= 4 is 5.82 Å². The summed E-state index contributed by atoms with van der Waals surface area (Å²) < 4.78 is 37.0. The van der Waals surface area contributed by atoms with E-state index in [4.69, 9.17) is 5.11 Å². The quantitative estimate of drug-likeness (QED) is 0.846. The van der Waals surface area contributed by atoms with E-state index in [1.54, 1.807) is 0 Å². The zero-order valence-electron chi connectivity index (χ0n) is 9.85. The Hall–Kier alpha value is -1.34. The van der Waals surface area contributed by atoms with Gasteiger partial charge in [0, 0.05) is 12.7 Å². The fourth-order valence-corrected chi connectivity index (χ4v) is 1.44. The predicted molar refractivity (Wildman–Crippen MR) is 60.2 cm³/mol. The third kappa shape index (κ3) is 4.50. The third-order valence-electron chi connectivity index (χ3n) is 2.32. The molecule has 2 N–H and O–H groups in total. The average Bonchev–Trinajstić information content (AvgIpc) is 2.27. The molecule has 0 bridgehead atoms. The minimum atomic E-state index is -4.36. The lowest BCUT2D eigenvalue weighted by molar-refractivity contribution is -0.120. The van der Waals surface area contributed by atoms with Gasteiger partial charge in [0.05, 0.1) is 12.7 Å². The van der Waals surface area contributed by atoms with E-state index >= 15 is 0 Å². The van der Waals surface area contributed by atoms with Gasteiger partial charge in [0.15, 0.2) is 0 Å². The first-order valence-corrected chi connectivity index (χ1v) is 5.40. The van der Waals surface area contributed by atoms with Crippen LogP contribution in [-0.4, -0.2) is 41.1 Å². The van der Waals surface area contributed by atoms with Crippen LogP contribution in [0.2, 0.25) is 0 Å². The van der Waals surface area contributed by atoms with Crippen molar-refractivity contribution in [3.05, 3.63) is 23.9 Å². The zero-order valence-corrected chi connectivity index (χ0v) is 9.85. The summed E-state index contributed by atoms with van der Waals surface area (Å²) in [6, 6.07) is 2.90. The highest BCUT2D eigenvalue weighted by atomic mass is 19.4. The lowest BCUT2D eigenvalue weighted by atomic mass is 10.2. The Labute approximate surface area is 103 Å². The van der Waals surface area contributed by atoms with Crippen molar-refractivity contribution in [3.8, 4) is 0 Å². The van der Waals surface area contributed by atoms with Crippen LogP contribution in [0.25, 0.3) is 0 Å². The molecule has 0 aromatic carbocycles. The molecule has 1 heterocycles. The summed E-state index contributed by atoms with van der Waals surface area (Å²) in [5.74, 6) is 0.116. The SMILES string of the molecule is CC(O)c1ccc(N(CCO)CC(F)(F)F)nc1. The lowest BCUT2D eigenvalue weighted by Crippen LogP contribution is -2.36. The van der Waals surface area contributed by atoms with Crippen molar-refractivity contribution < 1.29 is 23.4 Å². The van der Waals surface area contributed by atoms with Crippen LogP contribution < -0.4 is 4.90 Å². The van der Waals surface area contributed by atoms with Crippen LogP contribution in [0.15, 0.2) is 18.3 Å². The van der Waals surface area contributed by atoms with E-state index < -0.39 is 25.4 Å². The van der Waals surface area contributed by atoms with E-state index in [9.17, 15) is 18.3 Å². The highest BCUT2D eigenvalue weighted by Crippen LogP contribution is 2.21. The number of hydrogen-bond acceptors (Lipinski definition) is 4. The highest BCUT2D eigenvalue weighted by Gasteiger charge is 2.31. The Kier molecular flexibility index (Phi) is 4.92. The smallest absolute Gasteiger partial charge is 0.395 e. The number of halogens is 3. The Balaban J connectivity index is 2.85. The second-order valence-electron chi connectivity index (χ2n) is 3.89. The molecule has 0 aliphatic carbocycles. The summed E-state index contributed by atoms with van der Waals surface area (Å²) in [5, 5.41) is 18.0. The van der Waals surface area contributed by atoms with Crippen LogP contribution in [0.5, 0.6) is 0 Å². The van der Waals surface area contributed by atoms with Crippen molar-refractivity contribution in [2.24, 2.45) is 0 Å². The van der Waals surface area contributed by atoms with Crippen LogP contribution in [-0.2, 0) is 0 Å². The van der Waals surface area contributed by atoms with E-state index in [1.807, 2.05) is 0 Å². The third-order valence-corrected chi connectivity index (χ3v) is 2.32. The molecule has 0 amide bonds. The van der Waals surface area contributed by atoms with E-state index in [1.165, 1.54) is 25.3 Å². The van der Waals surface area contributed by atoms with Gasteiger partial charge in [0.2, 0.25) is 0 Å². The molecule has 18 heavy (non-hydrogen) atoms. The van der Waals surface area contributed by atoms with Crippen molar-refractivity contribution in [1.29, 1.82) is 0 Å². The molecule has 7 heteroatoms. The van der Waals surface area contributed by atoms with Gasteiger partial charge in [0.1, 0.15) is 12.4 Å². The molecule has 1 unspecified atom stereocenters. The number of alkyl halides is 3. The van der Waals surface area contributed by atoms with Gasteiger partial charge in [-0.2, -0.15) is 13.2 Å². The summed E-state index contributed by atoms with van der Waals surface area (Å²) in [7, 11) is 0. The number of nitrogens with zero attached hydrogens (tertiary/aromatic N) is 2. The van der Waals surface area contributed by atoms with Crippen LogP contribution in [0.1, 0.15) is 18.6 Å². The van der Waals surface area contributed by atoms with E-state index in [0.29, 0.717) is 5.56 Å².